The Bertz CT molecular complexity index is 960. The molecule has 0 N–H and O–H groups in total. The van der Waals surface area contributed by atoms with Gasteiger partial charge in [0.2, 0.25) is 0 Å². The molecule has 1 aromatic heterocycles. The molecule has 0 bridgehead atoms. The van der Waals surface area contributed by atoms with Crippen LogP contribution in [0.25, 0.3) is 5.69 Å². The number of fused-ring (bicyclic) bond motifs is 1. The molecular weight excluding hydrogens is 336 g/mol. The fourth-order valence-corrected chi connectivity index (χ4v) is 3.70. The first-order valence-electron chi connectivity index (χ1n) is 9.24. The van der Waals surface area contributed by atoms with E-state index in [4.69, 9.17) is 0 Å². The minimum Gasteiger partial charge on any atom is -0.372 e. The zero-order chi connectivity index (χ0) is 19.0. The summed E-state index contributed by atoms with van der Waals surface area (Å²) in [7, 11) is 2.09. The van der Waals surface area contributed by atoms with Crippen LogP contribution in [0.2, 0.25) is 0 Å². The van der Waals surface area contributed by atoms with Crippen molar-refractivity contribution in [1.29, 1.82) is 0 Å². The van der Waals surface area contributed by atoms with Gasteiger partial charge in [0.15, 0.2) is 0 Å². The van der Waals surface area contributed by atoms with Gasteiger partial charge < -0.3 is 9.80 Å². The number of benzene rings is 2. The van der Waals surface area contributed by atoms with Gasteiger partial charge in [0.05, 0.1) is 11.9 Å². The number of carbonyl (C=O) groups is 1. The maximum atomic E-state index is 13.2. The Morgan fingerprint density at radius 2 is 1.85 bits per heavy atom. The lowest BCUT2D eigenvalue weighted by Gasteiger charge is -2.28. The molecule has 3 aromatic rings. The Balaban J connectivity index is 1.60. The Kier molecular flexibility index (Phi) is 4.44. The van der Waals surface area contributed by atoms with E-state index in [1.54, 1.807) is 0 Å². The van der Waals surface area contributed by atoms with Crippen LogP contribution >= 0.6 is 0 Å². The number of aromatic nitrogens is 2. The Labute approximate surface area is 159 Å². The summed E-state index contributed by atoms with van der Waals surface area (Å²) < 4.78 is 1.82. The van der Waals surface area contributed by atoms with Crippen molar-refractivity contribution in [2.24, 2.45) is 0 Å². The van der Waals surface area contributed by atoms with Crippen LogP contribution in [0.3, 0.4) is 0 Å². The van der Waals surface area contributed by atoms with E-state index in [9.17, 15) is 4.79 Å². The first kappa shape index (κ1) is 17.3. The summed E-state index contributed by atoms with van der Waals surface area (Å²) in [6.07, 6.45) is 3.80. The normalized spacial score (nSPS) is 16.8. The summed E-state index contributed by atoms with van der Waals surface area (Å²) >= 11 is 0. The third-order valence-electron chi connectivity index (χ3n) is 5.17. The lowest BCUT2D eigenvalue weighted by atomic mass is 10.1. The SMILES string of the molecule is Cc1cnn(-c2ccc(C(=O)N3Cc4ccccc4N(C)C[C@@H]3C)cc2)c1. The van der Waals surface area contributed by atoms with Gasteiger partial charge in [0.1, 0.15) is 0 Å². The summed E-state index contributed by atoms with van der Waals surface area (Å²) in [5, 5.41) is 4.32. The first-order valence-corrected chi connectivity index (χ1v) is 9.24. The van der Waals surface area contributed by atoms with Gasteiger partial charge in [0, 0.05) is 43.6 Å². The molecule has 1 amide bonds. The van der Waals surface area contributed by atoms with Crippen LogP contribution in [0.1, 0.15) is 28.4 Å². The second-order valence-corrected chi connectivity index (χ2v) is 7.30. The molecule has 138 valence electrons. The number of aryl methyl sites for hydroxylation is 1. The van der Waals surface area contributed by atoms with E-state index in [2.05, 4.69) is 36.1 Å². The van der Waals surface area contributed by atoms with Crippen molar-refractivity contribution in [1.82, 2.24) is 14.7 Å². The van der Waals surface area contributed by atoms with Crippen LogP contribution in [0.5, 0.6) is 0 Å². The van der Waals surface area contributed by atoms with Crippen molar-refractivity contribution < 1.29 is 4.79 Å². The van der Waals surface area contributed by atoms with Gasteiger partial charge in [-0.2, -0.15) is 5.10 Å². The maximum Gasteiger partial charge on any atom is 0.254 e. The third kappa shape index (κ3) is 3.33. The Hall–Kier alpha value is -3.08. The monoisotopic (exact) mass is 360 g/mol. The second kappa shape index (κ2) is 6.91. The van der Waals surface area contributed by atoms with Crippen molar-refractivity contribution in [2.45, 2.75) is 26.4 Å². The molecule has 0 spiro atoms. The number of carbonyl (C=O) groups excluding carboxylic acids is 1. The maximum absolute atomic E-state index is 13.2. The van der Waals surface area contributed by atoms with Gasteiger partial charge in [0.25, 0.3) is 5.91 Å². The van der Waals surface area contributed by atoms with E-state index in [0.29, 0.717) is 12.1 Å². The molecule has 0 saturated carbocycles. The van der Waals surface area contributed by atoms with Gasteiger partial charge in [-0.15, -0.1) is 0 Å². The molecule has 1 aliphatic heterocycles. The number of nitrogens with zero attached hydrogens (tertiary/aromatic N) is 4. The molecule has 1 atom stereocenters. The standard InChI is InChI=1S/C22H24N4O/c1-16-12-23-26(13-16)20-10-8-18(9-11-20)22(27)25-15-19-6-4-5-7-21(19)24(3)14-17(25)2/h4-13,17H,14-15H2,1-3H3/t17-/m0/s1. The minimum atomic E-state index is 0.0656. The van der Waals surface area contributed by atoms with Crippen molar-refractivity contribution in [3.63, 3.8) is 0 Å². The fraction of sp³-hybridized carbons (Fsp3) is 0.273. The van der Waals surface area contributed by atoms with Crippen LogP contribution < -0.4 is 4.90 Å². The highest BCUT2D eigenvalue weighted by atomic mass is 16.2. The van der Waals surface area contributed by atoms with Crippen LogP contribution in [0.4, 0.5) is 5.69 Å². The number of hydrogen-bond donors (Lipinski definition) is 0. The molecule has 0 unspecified atom stereocenters. The van der Waals surface area contributed by atoms with Crippen molar-refractivity contribution in [2.75, 3.05) is 18.5 Å². The zero-order valence-electron chi connectivity index (χ0n) is 16.0. The molecule has 4 rings (SSSR count). The lowest BCUT2D eigenvalue weighted by molar-refractivity contribution is 0.0687. The number of anilines is 1. The summed E-state index contributed by atoms with van der Waals surface area (Å²) in [5.74, 6) is 0.0656. The van der Waals surface area contributed by atoms with Gasteiger partial charge in [-0.25, -0.2) is 4.68 Å². The molecule has 0 aliphatic carbocycles. The summed E-state index contributed by atoms with van der Waals surface area (Å²) in [5.41, 5.74) is 5.15. The van der Waals surface area contributed by atoms with Crippen molar-refractivity contribution >= 4 is 11.6 Å². The molecule has 2 aromatic carbocycles. The van der Waals surface area contributed by atoms with Gasteiger partial charge in [-0.1, -0.05) is 18.2 Å². The van der Waals surface area contributed by atoms with Gasteiger partial charge in [-0.05, 0) is 55.3 Å². The van der Waals surface area contributed by atoms with Gasteiger partial charge in [-0.3, -0.25) is 4.79 Å². The van der Waals surface area contributed by atoms with E-state index < -0.39 is 0 Å². The van der Waals surface area contributed by atoms with Crippen molar-refractivity contribution in [3.05, 3.63) is 77.6 Å². The number of rotatable bonds is 2. The molecule has 0 radical (unpaired) electrons. The van der Waals surface area contributed by atoms with Crippen LogP contribution in [-0.4, -0.2) is 40.2 Å². The highest BCUT2D eigenvalue weighted by Gasteiger charge is 2.27. The molecule has 1 aliphatic rings. The molecule has 5 heteroatoms. The Morgan fingerprint density at radius 1 is 1.11 bits per heavy atom. The topological polar surface area (TPSA) is 41.4 Å². The van der Waals surface area contributed by atoms with Crippen LogP contribution in [0.15, 0.2) is 60.9 Å². The van der Waals surface area contributed by atoms with Gasteiger partial charge >= 0.3 is 0 Å². The highest BCUT2D eigenvalue weighted by molar-refractivity contribution is 5.94. The molecular formula is C22H24N4O. The van der Waals surface area contributed by atoms with E-state index >= 15 is 0 Å². The average molecular weight is 360 g/mol. The molecule has 2 heterocycles. The van der Waals surface area contributed by atoms with E-state index in [-0.39, 0.29) is 11.9 Å². The second-order valence-electron chi connectivity index (χ2n) is 7.30. The number of likely N-dealkylation sites (N-methyl/N-ethyl adjacent to an activating group) is 1. The molecule has 5 nitrogen and oxygen atoms in total. The summed E-state index contributed by atoms with van der Waals surface area (Å²) in [6.45, 7) is 5.56. The fourth-order valence-electron chi connectivity index (χ4n) is 3.70. The van der Waals surface area contributed by atoms with Crippen molar-refractivity contribution in [3.8, 4) is 5.69 Å². The molecule has 27 heavy (non-hydrogen) atoms. The quantitative estimate of drug-likeness (QED) is 0.700. The molecule has 0 saturated heterocycles. The highest BCUT2D eigenvalue weighted by Crippen LogP contribution is 2.27. The number of para-hydroxylation sites is 1. The van der Waals surface area contributed by atoms with E-state index in [1.165, 1.54) is 11.3 Å². The summed E-state index contributed by atoms with van der Waals surface area (Å²) in [6, 6.07) is 16.1. The predicted octanol–water partition coefficient (Wildman–Crippen LogP) is 3.66. The third-order valence-corrected chi connectivity index (χ3v) is 5.17. The number of hydrogen-bond acceptors (Lipinski definition) is 3. The average Bonchev–Trinajstić information content (AvgIpc) is 3.07. The first-order chi connectivity index (χ1) is 13.0. The summed E-state index contributed by atoms with van der Waals surface area (Å²) in [4.78, 5) is 17.4. The van der Waals surface area contributed by atoms with Crippen LogP contribution in [-0.2, 0) is 6.54 Å². The Morgan fingerprint density at radius 3 is 2.56 bits per heavy atom. The smallest absolute Gasteiger partial charge is 0.254 e. The van der Waals surface area contributed by atoms with Crippen LogP contribution in [0, 0.1) is 6.92 Å². The minimum absolute atomic E-state index is 0.0656. The van der Waals surface area contributed by atoms with E-state index in [1.807, 2.05) is 65.3 Å². The lowest BCUT2D eigenvalue weighted by Crippen LogP contribution is -2.41. The predicted molar refractivity (Wildman–Crippen MR) is 107 cm³/mol. The number of amides is 1. The largest absolute Gasteiger partial charge is 0.372 e. The molecule has 0 fully saturated rings. The van der Waals surface area contributed by atoms with E-state index in [0.717, 1.165) is 17.8 Å². The zero-order valence-corrected chi connectivity index (χ0v) is 16.0.